The number of unbranched alkanes of at least 4 members (excludes halogenated alkanes) is 1. The zero-order valence-corrected chi connectivity index (χ0v) is 15.9. The number of amides is 2. The minimum absolute atomic E-state index is 0.0739. The van der Waals surface area contributed by atoms with Gasteiger partial charge in [0.15, 0.2) is 0 Å². The van der Waals surface area contributed by atoms with Crippen molar-refractivity contribution in [1.29, 1.82) is 0 Å². The summed E-state index contributed by atoms with van der Waals surface area (Å²) in [5.41, 5.74) is 0. The van der Waals surface area contributed by atoms with Crippen LogP contribution in [0.4, 0.5) is 4.79 Å². The number of rotatable bonds is 7. The lowest BCUT2D eigenvalue weighted by Crippen LogP contribution is -2.66. The summed E-state index contributed by atoms with van der Waals surface area (Å²) in [6.45, 7) is 1.99. The van der Waals surface area contributed by atoms with Crippen LogP contribution >= 0.6 is 0 Å². The highest BCUT2D eigenvalue weighted by Crippen LogP contribution is 2.40. The molecular formula is C19H37N5O2. The number of hydrogen-bond donors (Lipinski definition) is 6. The molecule has 1 saturated heterocycles. The largest absolute Gasteiger partial charge is 0.396 e. The Kier molecular flexibility index (Phi) is 7.98. The molecular weight excluding hydrogens is 330 g/mol. The number of fused-ring (bicyclic) bond motifs is 1. The monoisotopic (exact) mass is 367 g/mol. The second-order valence-electron chi connectivity index (χ2n) is 8.21. The topological polar surface area (TPSA) is 97.5 Å². The Balaban J connectivity index is 1.35. The molecule has 2 amide bonds. The first kappa shape index (κ1) is 19.9. The first-order chi connectivity index (χ1) is 12.7. The smallest absolute Gasteiger partial charge is 0.317 e. The van der Waals surface area contributed by atoms with E-state index in [-0.39, 0.29) is 25.1 Å². The molecule has 5 unspecified atom stereocenters. The summed E-state index contributed by atoms with van der Waals surface area (Å²) in [5, 5.41) is 25.2. The minimum Gasteiger partial charge on any atom is -0.396 e. The molecule has 1 heterocycles. The van der Waals surface area contributed by atoms with Gasteiger partial charge in [-0.15, -0.1) is 0 Å². The summed E-state index contributed by atoms with van der Waals surface area (Å²) in [7, 11) is 0. The van der Waals surface area contributed by atoms with Crippen LogP contribution in [0.25, 0.3) is 0 Å². The van der Waals surface area contributed by atoms with Gasteiger partial charge in [-0.05, 0) is 56.9 Å². The van der Waals surface area contributed by atoms with Gasteiger partial charge in [0.05, 0.1) is 6.17 Å². The fourth-order valence-electron chi connectivity index (χ4n) is 4.84. The third-order valence-electron chi connectivity index (χ3n) is 6.28. The average Bonchev–Trinajstić information content (AvgIpc) is 2.65. The molecule has 26 heavy (non-hydrogen) atoms. The highest BCUT2D eigenvalue weighted by Gasteiger charge is 2.33. The molecule has 0 aromatic carbocycles. The molecule has 3 fully saturated rings. The predicted octanol–water partition coefficient (Wildman–Crippen LogP) is 1.20. The van der Waals surface area contributed by atoms with Crippen LogP contribution in [0.2, 0.25) is 0 Å². The van der Waals surface area contributed by atoms with Crippen molar-refractivity contribution in [2.45, 2.75) is 82.7 Å². The van der Waals surface area contributed by atoms with E-state index in [9.17, 15) is 4.79 Å². The van der Waals surface area contributed by atoms with Crippen molar-refractivity contribution in [3.8, 4) is 0 Å². The van der Waals surface area contributed by atoms with Crippen LogP contribution in [0.5, 0.6) is 0 Å². The Labute approximate surface area is 157 Å². The van der Waals surface area contributed by atoms with Gasteiger partial charge < -0.3 is 21.1 Å². The van der Waals surface area contributed by atoms with E-state index in [1.165, 1.54) is 32.1 Å². The van der Waals surface area contributed by atoms with Gasteiger partial charge in [-0.25, -0.2) is 4.79 Å². The second-order valence-corrected chi connectivity index (χ2v) is 8.21. The molecule has 0 bridgehead atoms. The van der Waals surface area contributed by atoms with Crippen molar-refractivity contribution >= 4 is 6.03 Å². The molecule has 1 aliphatic heterocycles. The van der Waals surface area contributed by atoms with Gasteiger partial charge in [0.2, 0.25) is 0 Å². The molecule has 5 atom stereocenters. The molecule has 3 aliphatic rings. The molecule has 0 spiro atoms. The Morgan fingerprint density at radius 1 is 1.00 bits per heavy atom. The highest BCUT2D eigenvalue weighted by molar-refractivity contribution is 5.74. The number of carbonyl (C=O) groups is 1. The zero-order valence-electron chi connectivity index (χ0n) is 15.9. The Hall–Kier alpha value is -0.890. The molecule has 6 N–H and O–H groups in total. The van der Waals surface area contributed by atoms with Crippen molar-refractivity contribution in [2.75, 3.05) is 19.7 Å². The van der Waals surface area contributed by atoms with Crippen LogP contribution < -0.4 is 26.6 Å². The van der Waals surface area contributed by atoms with E-state index in [0.29, 0.717) is 6.04 Å². The van der Waals surface area contributed by atoms with Crippen molar-refractivity contribution in [2.24, 2.45) is 11.8 Å². The van der Waals surface area contributed by atoms with Crippen molar-refractivity contribution in [3.63, 3.8) is 0 Å². The summed E-state index contributed by atoms with van der Waals surface area (Å²) in [5.74, 6) is 1.73. The van der Waals surface area contributed by atoms with Crippen LogP contribution in [-0.2, 0) is 0 Å². The van der Waals surface area contributed by atoms with Gasteiger partial charge in [-0.2, -0.15) is 0 Å². The molecule has 7 heteroatoms. The first-order valence-corrected chi connectivity index (χ1v) is 10.7. The Morgan fingerprint density at radius 2 is 1.85 bits per heavy atom. The van der Waals surface area contributed by atoms with Crippen LogP contribution in [0.3, 0.4) is 0 Å². The van der Waals surface area contributed by atoms with Crippen LogP contribution in [0.1, 0.15) is 64.2 Å². The molecule has 7 nitrogen and oxygen atoms in total. The Morgan fingerprint density at radius 3 is 2.69 bits per heavy atom. The lowest BCUT2D eigenvalue weighted by Gasteiger charge is -2.40. The molecule has 0 radical (unpaired) electrons. The maximum atomic E-state index is 12.4. The number of aliphatic hydroxyl groups excluding tert-OH is 1. The normalized spacial score (nSPS) is 34.7. The minimum atomic E-state index is -0.204. The zero-order chi connectivity index (χ0) is 18.2. The summed E-state index contributed by atoms with van der Waals surface area (Å²) >= 11 is 0. The van der Waals surface area contributed by atoms with E-state index in [1.54, 1.807) is 0 Å². The van der Waals surface area contributed by atoms with Gasteiger partial charge in [0.1, 0.15) is 6.29 Å². The predicted molar refractivity (Wildman–Crippen MR) is 102 cm³/mol. The van der Waals surface area contributed by atoms with Crippen molar-refractivity contribution in [3.05, 3.63) is 0 Å². The maximum absolute atomic E-state index is 12.4. The molecule has 3 rings (SSSR count). The van der Waals surface area contributed by atoms with Gasteiger partial charge in [0, 0.05) is 19.2 Å². The highest BCUT2D eigenvalue weighted by atomic mass is 16.3. The van der Waals surface area contributed by atoms with E-state index in [2.05, 4.69) is 26.6 Å². The van der Waals surface area contributed by atoms with E-state index in [4.69, 9.17) is 5.11 Å². The molecule has 2 aliphatic carbocycles. The fraction of sp³-hybridized carbons (Fsp3) is 0.947. The SMILES string of the molecule is O=C(NC1CCC2CCCCC2C1)NC1NCCC(NCCCCO)N1. The van der Waals surface area contributed by atoms with Crippen molar-refractivity contribution < 1.29 is 9.90 Å². The summed E-state index contributed by atoms with van der Waals surface area (Å²) in [6.07, 6.45) is 11.8. The first-order valence-electron chi connectivity index (χ1n) is 10.7. The lowest BCUT2D eigenvalue weighted by molar-refractivity contribution is 0.142. The van der Waals surface area contributed by atoms with Gasteiger partial charge in [0.25, 0.3) is 0 Å². The standard InChI is InChI=1S/C19H37N5O2/c25-12-4-3-10-20-17-9-11-21-18(23-17)24-19(26)22-16-8-7-14-5-1-2-6-15(14)13-16/h14-18,20-21,23,25H,1-13H2,(H2,22,24,26). The van der Waals surface area contributed by atoms with Gasteiger partial charge >= 0.3 is 6.03 Å². The molecule has 0 aromatic heterocycles. The van der Waals surface area contributed by atoms with Gasteiger partial charge in [-0.1, -0.05) is 25.7 Å². The maximum Gasteiger partial charge on any atom is 0.317 e. The second kappa shape index (κ2) is 10.4. The van der Waals surface area contributed by atoms with E-state index in [0.717, 1.165) is 57.0 Å². The number of aliphatic hydroxyl groups is 1. The molecule has 0 aromatic rings. The third kappa shape index (κ3) is 6.08. The number of hydrogen-bond acceptors (Lipinski definition) is 5. The fourth-order valence-corrected chi connectivity index (χ4v) is 4.84. The van der Waals surface area contributed by atoms with E-state index in [1.807, 2.05) is 0 Å². The summed E-state index contributed by atoms with van der Waals surface area (Å²) in [6, 6.07) is 0.250. The quantitative estimate of drug-likeness (QED) is 0.380. The number of urea groups is 1. The third-order valence-corrected chi connectivity index (χ3v) is 6.28. The number of nitrogens with one attached hydrogen (secondary N) is 5. The van der Waals surface area contributed by atoms with E-state index >= 15 is 0 Å². The van der Waals surface area contributed by atoms with Crippen LogP contribution in [0, 0.1) is 11.8 Å². The van der Waals surface area contributed by atoms with Crippen LogP contribution in [-0.4, -0.2) is 49.3 Å². The average molecular weight is 368 g/mol. The van der Waals surface area contributed by atoms with Gasteiger partial charge in [-0.3, -0.25) is 10.6 Å². The Bertz CT molecular complexity index is 436. The summed E-state index contributed by atoms with van der Waals surface area (Å²) in [4.78, 5) is 12.4. The van der Waals surface area contributed by atoms with Crippen LogP contribution in [0.15, 0.2) is 0 Å². The van der Waals surface area contributed by atoms with Crippen molar-refractivity contribution in [1.82, 2.24) is 26.6 Å². The molecule has 2 saturated carbocycles. The summed E-state index contributed by atoms with van der Waals surface area (Å²) < 4.78 is 0. The van der Waals surface area contributed by atoms with E-state index < -0.39 is 0 Å². The lowest BCUT2D eigenvalue weighted by atomic mass is 9.69. The number of carbonyl (C=O) groups excluding carboxylic acids is 1. The molecule has 150 valence electrons.